The number of phenols is 2. The maximum absolute atomic E-state index is 11.9. The predicted molar refractivity (Wildman–Crippen MR) is 87.8 cm³/mol. The Bertz CT molecular complexity index is 778. The number of rotatable bonds is 4. The van der Waals surface area contributed by atoms with Crippen LogP contribution >= 0.6 is 23.2 Å². The smallest absolute Gasteiger partial charge is 0.271 e. The Kier molecular flexibility index (Phi) is 5.31. The second kappa shape index (κ2) is 7.21. The first kappa shape index (κ1) is 16.9. The zero-order chi connectivity index (χ0) is 17.0. The summed E-state index contributed by atoms with van der Waals surface area (Å²) in [6.07, 6.45) is 1.20. The van der Waals surface area contributed by atoms with Gasteiger partial charge in [0, 0.05) is 16.1 Å². The standard InChI is InChI=1S/C15H12Cl2N2O4/c1-23-13-3-2-8(5-12(13)20)15(22)19-18-7-9-4-10(16)6-11(17)14(9)21/h2-7,20-21H,1H3,(H,19,22)/b18-7+. The van der Waals surface area contributed by atoms with E-state index in [1.807, 2.05) is 0 Å². The van der Waals surface area contributed by atoms with Crippen LogP contribution < -0.4 is 10.2 Å². The van der Waals surface area contributed by atoms with Gasteiger partial charge in [0.25, 0.3) is 5.91 Å². The number of hydrogen-bond donors (Lipinski definition) is 3. The Morgan fingerprint density at radius 1 is 1.26 bits per heavy atom. The van der Waals surface area contributed by atoms with Gasteiger partial charge in [-0.25, -0.2) is 5.43 Å². The lowest BCUT2D eigenvalue weighted by molar-refractivity contribution is 0.0954. The van der Waals surface area contributed by atoms with Crippen LogP contribution in [-0.4, -0.2) is 29.4 Å². The minimum atomic E-state index is -0.549. The molecule has 0 aliphatic carbocycles. The number of nitrogens with one attached hydrogen (secondary N) is 1. The molecule has 0 heterocycles. The molecule has 0 unspecified atom stereocenters. The Balaban J connectivity index is 2.11. The number of amides is 1. The Morgan fingerprint density at radius 3 is 2.65 bits per heavy atom. The number of hydrazone groups is 1. The number of halogens is 2. The van der Waals surface area contributed by atoms with Gasteiger partial charge < -0.3 is 14.9 Å². The van der Waals surface area contributed by atoms with Crippen molar-refractivity contribution in [2.45, 2.75) is 0 Å². The maximum atomic E-state index is 11.9. The Labute approximate surface area is 141 Å². The third kappa shape index (κ3) is 4.06. The number of benzene rings is 2. The van der Waals surface area contributed by atoms with Gasteiger partial charge in [-0.05, 0) is 30.3 Å². The van der Waals surface area contributed by atoms with Crippen LogP contribution in [0.1, 0.15) is 15.9 Å². The summed E-state index contributed by atoms with van der Waals surface area (Å²) in [7, 11) is 1.40. The lowest BCUT2D eigenvalue weighted by Crippen LogP contribution is -2.17. The van der Waals surface area contributed by atoms with Gasteiger partial charge in [0.15, 0.2) is 11.5 Å². The molecule has 120 valence electrons. The van der Waals surface area contributed by atoms with Crippen LogP contribution in [0.3, 0.4) is 0 Å². The summed E-state index contributed by atoms with van der Waals surface area (Å²) in [6, 6.07) is 7.00. The number of nitrogens with zero attached hydrogens (tertiary/aromatic N) is 1. The third-order valence-corrected chi connectivity index (χ3v) is 3.37. The van der Waals surface area contributed by atoms with Crippen molar-refractivity contribution in [2.75, 3.05) is 7.11 Å². The van der Waals surface area contributed by atoms with Crippen LogP contribution in [0.25, 0.3) is 0 Å². The summed E-state index contributed by atoms with van der Waals surface area (Å²) in [5.41, 5.74) is 2.70. The van der Waals surface area contributed by atoms with Crippen molar-refractivity contribution in [1.29, 1.82) is 0 Å². The fourth-order valence-electron chi connectivity index (χ4n) is 1.74. The van der Waals surface area contributed by atoms with Crippen LogP contribution in [0.2, 0.25) is 10.0 Å². The van der Waals surface area contributed by atoms with Crippen molar-refractivity contribution in [2.24, 2.45) is 5.10 Å². The minimum absolute atomic E-state index is 0.0744. The van der Waals surface area contributed by atoms with E-state index >= 15 is 0 Å². The van der Waals surface area contributed by atoms with Gasteiger partial charge in [0.2, 0.25) is 0 Å². The molecule has 0 bridgehead atoms. The average molecular weight is 355 g/mol. The molecule has 0 saturated carbocycles. The van der Waals surface area contributed by atoms with Crippen molar-refractivity contribution in [1.82, 2.24) is 5.43 Å². The van der Waals surface area contributed by atoms with E-state index in [1.54, 1.807) is 0 Å². The monoisotopic (exact) mass is 354 g/mol. The highest BCUT2D eigenvalue weighted by Gasteiger charge is 2.09. The maximum Gasteiger partial charge on any atom is 0.271 e. The SMILES string of the molecule is COc1ccc(C(=O)N/N=C/c2cc(Cl)cc(Cl)c2O)cc1O. The van der Waals surface area contributed by atoms with Crippen LogP contribution in [0, 0.1) is 0 Å². The second-order valence-electron chi connectivity index (χ2n) is 4.41. The van der Waals surface area contributed by atoms with E-state index in [4.69, 9.17) is 27.9 Å². The van der Waals surface area contributed by atoms with E-state index in [0.29, 0.717) is 5.02 Å². The van der Waals surface area contributed by atoms with Gasteiger partial charge in [-0.15, -0.1) is 0 Å². The molecule has 2 rings (SSSR count). The lowest BCUT2D eigenvalue weighted by atomic mass is 10.2. The van der Waals surface area contributed by atoms with Crippen molar-refractivity contribution < 1.29 is 19.7 Å². The molecule has 0 saturated heterocycles. The molecule has 0 aliphatic rings. The lowest BCUT2D eigenvalue weighted by Gasteiger charge is -2.05. The molecule has 1 amide bonds. The van der Waals surface area contributed by atoms with Gasteiger partial charge in [-0.3, -0.25) is 4.79 Å². The van der Waals surface area contributed by atoms with E-state index in [-0.39, 0.29) is 33.4 Å². The molecule has 8 heteroatoms. The highest BCUT2D eigenvalue weighted by atomic mass is 35.5. The van der Waals surface area contributed by atoms with E-state index in [1.165, 1.54) is 43.7 Å². The number of aromatic hydroxyl groups is 2. The fraction of sp³-hybridized carbons (Fsp3) is 0.0667. The molecule has 0 radical (unpaired) electrons. The number of ether oxygens (including phenoxy) is 1. The second-order valence-corrected chi connectivity index (χ2v) is 5.25. The molecule has 0 aliphatic heterocycles. The molecule has 2 aromatic carbocycles. The topological polar surface area (TPSA) is 91.2 Å². The number of phenolic OH excluding ortho intramolecular Hbond substituents is 2. The van der Waals surface area contributed by atoms with Crippen molar-refractivity contribution in [3.8, 4) is 17.2 Å². The summed E-state index contributed by atoms with van der Waals surface area (Å²) in [5.74, 6) is -0.657. The van der Waals surface area contributed by atoms with Gasteiger partial charge in [-0.2, -0.15) is 5.10 Å². The number of carbonyl (C=O) groups is 1. The highest BCUT2D eigenvalue weighted by molar-refractivity contribution is 6.36. The third-order valence-electron chi connectivity index (χ3n) is 2.87. The van der Waals surface area contributed by atoms with Crippen molar-refractivity contribution in [3.05, 3.63) is 51.5 Å². The molecule has 2 aromatic rings. The zero-order valence-electron chi connectivity index (χ0n) is 11.9. The molecule has 0 aromatic heterocycles. The zero-order valence-corrected chi connectivity index (χ0v) is 13.4. The molecule has 0 atom stereocenters. The fourth-order valence-corrected chi connectivity index (χ4v) is 2.25. The van der Waals surface area contributed by atoms with Gasteiger partial charge in [0.05, 0.1) is 18.3 Å². The predicted octanol–water partition coefficient (Wildman–Crippen LogP) is 3.18. The van der Waals surface area contributed by atoms with E-state index in [9.17, 15) is 15.0 Å². The average Bonchev–Trinajstić information content (AvgIpc) is 2.51. The largest absolute Gasteiger partial charge is 0.506 e. The van der Waals surface area contributed by atoms with Gasteiger partial charge in [-0.1, -0.05) is 23.2 Å². The normalized spacial score (nSPS) is 10.7. The Morgan fingerprint density at radius 2 is 2.00 bits per heavy atom. The molecular formula is C15H12Cl2N2O4. The van der Waals surface area contributed by atoms with Crippen LogP contribution in [0.4, 0.5) is 0 Å². The summed E-state index contributed by atoms with van der Waals surface area (Å²) in [4.78, 5) is 11.9. The number of hydrogen-bond acceptors (Lipinski definition) is 5. The van der Waals surface area contributed by atoms with Crippen LogP contribution in [0.15, 0.2) is 35.4 Å². The first-order chi connectivity index (χ1) is 10.9. The Hall–Kier alpha value is -2.44. The number of carbonyl (C=O) groups excluding carboxylic acids is 1. The molecule has 0 fully saturated rings. The van der Waals surface area contributed by atoms with Crippen molar-refractivity contribution >= 4 is 35.3 Å². The molecular weight excluding hydrogens is 343 g/mol. The van der Waals surface area contributed by atoms with E-state index < -0.39 is 5.91 Å². The summed E-state index contributed by atoms with van der Waals surface area (Å²) in [5, 5.41) is 23.5. The summed E-state index contributed by atoms with van der Waals surface area (Å²) < 4.78 is 4.89. The number of methoxy groups -OCH3 is 1. The minimum Gasteiger partial charge on any atom is -0.506 e. The quantitative estimate of drug-likeness (QED) is 0.580. The van der Waals surface area contributed by atoms with Crippen LogP contribution in [-0.2, 0) is 0 Å². The molecule has 0 spiro atoms. The van der Waals surface area contributed by atoms with Gasteiger partial charge in [0.1, 0.15) is 5.75 Å². The molecule has 3 N–H and O–H groups in total. The van der Waals surface area contributed by atoms with Crippen LogP contribution in [0.5, 0.6) is 17.2 Å². The molecule has 23 heavy (non-hydrogen) atoms. The first-order valence-corrected chi connectivity index (χ1v) is 7.06. The van der Waals surface area contributed by atoms with Gasteiger partial charge >= 0.3 is 0 Å². The van der Waals surface area contributed by atoms with E-state index in [2.05, 4.69) is 10.5 Å². The first-order valence-electron chi connectivity index (χ1n) is 6.30. The highest BCUT2D eigenvalue weighted by Crippen LogP contribution is 2.30. The van der Waals surface area contributed by atoms with E-state index in [0.717, 1.165) is 0 Å². The summed E-state index contributed by atoms with van der Waals surface area (Å²) in [6.45, 7) is 0. The summed E-state index contributed by atoms with van der Waals surface area (Å²) >= 11 is 11.6. The molecule has 6 nitrogen and oxygen atoms in total. The van der Waals surface area contributed by atoms with Crippen molar-refractivity contribution in [3.63, 3.8) is 0 Å².